The Morgan fingerprint density at radius 3 is 3.00 bits per heavy atom. The van der Waals surface area contributed by atoms with Crippen molar-refractivity contribution in [3.63, 3.8) is 0 Å². The summed E-state index contributed by atoms with van der Waals surface area (Å²) in [6.07, 6.45) is 6.31. The summed E-state index contributed by atoms with van der Waals surface area (Å²) in [7, 11) is 0. The number of nitrogens with zero attached hydrogens (tertiary/aromatic N) is 2. The molecule has 2 rings (SSSR count). The predicted octanol–water partition coefficient (Wildman–Crippen LogP) is 1.37. The predicted molar refractivity (Wildman–Crippen MR) is 68.6 cm³/mol. The van der Waals surface area contributed by atoms with E-state index in [2.05, 4.69) is 9.97 Å². The van der Waals surface area contributed by atoms with E-state index >= 15 is 0 Å². The van der Waals surface area contributed by atoms with Gasteiger partial charge in [0.1, 0.15) is 5.82 Å². The first-order valence-electron chi connectivity index (χ1n) is 6.65. The molecule has 1 aromatic rings. The van der Waals surface area contributed by atoms with Gasteiger partial charge in [-0.25, -0.2) is 4.98 Å². The standard InChI is InChI=1S/C13H19N3O3/c17-11(4-1-5-12(18)19)16-8-2-3-10(9-16)13-14-6-7-15-13/h6-7,10H,1-5,8-9H2,(H,14,15)(H,18,19). The van der Waals surface area contributed by atoms with Crippen LogP contribution in [0.15, 0.2) is 12.4 Å². The molecule has 1 aliphatic heterocycles. The number of aromatic amines is 1. The van der Waals surface area contributed by atoms with Crippen molar-refractivity contribution in [2.24, 2.45) is 0 Å². The van der Waals surface area contributed by atoms with E-state index in [9.17, 15) is 9.59 Å². The van der Waals surface area contributed by atoms with Gasteiger partial charge in [-0.15, -0.1) is 0 Å². The molecular formula is C13H19N3O3. The molecule has 1 fully saturated rings. The Bertz CT molecular complexity index is 430. The molecule has 0 saturated carbocycles. The number of carboxylic acid groups (broad SMARTS) is 1. The topological polar surface area (TPSA) is 86.3 Å². The third-order valence-corrected chi connectivity index (χ3v) is 3.46. The Kier molecular flexibility index (Phi) is 4.54. The molecule has 1 unspecified atom stereocenters. The van der Waals surface area contributed by atoms with Crippen LogP contribution in [0.1, 0.15) is 43.8 Å². The average Bonchev–Trinajstić information content (AvgIpc) is 2.92. The van der Waals surface area contributed by atoms with Crippen LogP contribution in [0, 0.1) is 0 Å². The normalized spacial score (nSPS) is 19.4. The smallest absolute Gasteiger partial charge is 0.303 e. The van der Waals surface area contributed by atoms with Crippen molar-refractivity contribution >= 4 is 11.9 Å². The second kappa shape index (κ2) is 6.36. The van der Waals surface area contributed by atoms with Gasteiger partial charge in [0, 0.05) is 44.2 Å². The number of H-pyrrole nitrogens is 1. The number of carboxylic acids is 1. The fourth-order valence-corrected chi connectivity index (χ4v) is 2.48. The van der Waals surface area contributed by atoms with Gasteiger partial charge in [0.15, 0.2) is 0 Å². The molecule has 1 aliphatic rings. The maximum atomic E-state index is 12.0. The molecule has 0 radical (unpaired) electrons. The third kappa shape index (κ3) is 3.81. The molecular weight excluding hydrogens is 246 g/mol. The number of hydrogen-bond acceptors (Lipinski definition) is 3. The van der Waals surface area contributed by atoms with Crippen LogP contribution in [0.5, 0.6) is 0 Å². The highest BCUT2D eigenvalue weighted by Gasteiger charge is 2.25. The van der Waals surface area contributed by atoms with Crippen molar-refractivity contribution in [2.75, 3.05) is 13.1 Å². The van der Waals surface area contributed by atoms with Crippen molar-refractivity contribution in [3.05, 3.63) is 18.2 Å². The maximum absolute atomic E-state index is 12.0. The first kappa shape index (κ1) is 13.6. The highest BCUT2D eigenvalue weighted by atomic mass is 16.4. The van der Waals surface area contributed by atoms with Gasteiger partial charge in [-0.1, -0.05) is 0 Å². The fourth-order valence-electron chi connectivity index (χ4n) is 2.48. The Morgan fingerprint density at radius 2 is 2.32 bits per heavy atom. The van der Waals surface area contributed by atoms with E-state index < -0.39 is 5.97 Å². The first-order chi connectivity index (χ1) is 9.16. The SMILES string of the molecule is O=C(O)CCCC(=O)N1CCCC(c2ncc[nH]2)C1. The molecule has 2 heterocycles. The summed E-state index contributed by atoms with van der Waals surface area (Å²) in [5.41, 5.74) is 0. The van der Waals surface area contributed by atoms with Crippen LogP contribution >= 0.6 is 0 Å². The van der Waals surface area contributed by atoms with E-state index in [1.54, 1.807) is 12.4 Å². The Morgan fingerprint density at radius 1 is 1.47 bits per heavy atom. The highest BCUT2D eigenvalue weighted by Crippen LogP contribution is 2.24. The van der Waals surface area contributed by atoms with Gasteiger partial charge in [-0.3, -0.25) is 9.59 Å². The van der Waals surface area contributed by atoms with E-state index in [4.69, 9.17) is 5.11 Å². The number of aromatic nitrogens is 2. The van der Waals surface area contributed by atoms with Crippen LogP contribution in [0.3, 0.4) is 0 Å². The third-order valence-electron chi connectivity index (χ3n) is 3.46. The van der Waals surface area contributed by atoms with Crippen LogP contribution in [0.25, 0.3) is 0 Å². The average molecular weight is 265 g/mol. The number of imidazole rings is 1. The molecule has 1 saturated heterocycles. The number of hydrogen-bond donors (Lipinski definition) is 2. The lowest BCUT2D eigenvalue weighted by molar-refractivity contribution is -0.137. The van der Waals surface area contributed by atoms with E-state index in [1.807, 2.05) is 4.90 Å². The molecule has 0 spiro atoms. The van der Waals surface area contributed by atoms with E-state index in [0.717, 1.165) is 25.2 Å². The molecule has 104 valence electrons. The van der Waals surface area contributed by atoms with Crippen LogP contribution in [0.2, 0.25) is 0 Å². The summed E-state index contributed by atoms with van der Waals surface area (Å²) in [5.74, 6) is 0.410. The van der Waals surface area contributed by atoms with Crippen LogP contribution < -0.4 is 0 Å². The molecule has 0 aliphatic carbocycles. The van der Waals surface area contributed by atoms with Gasteiger partial charge >= 0.3 is 5.97 Å². The Labute approximate surface area is 111 Å². The Balaban J connectivity index is 1.83. The molecule has 1 aromatic heterocycles. The lowest BCUT2D eigenvalue weighted by Crippen LogP contribution is -2.39. The number of carbonyl (C=O) groups is 2. The lowest BCUT2D eigenvalue weighted by atomic mass is 9.97. The van der Waals surface area contributed by atoms with Gasteiger partial charge in [0.25, 0.3) is 0 Å². The van der Waals surface area contributed by atoms with Crippen LogP contribution in [-0.2, 0) is 9.59 Å². The van der Waals surface area contributed by atoms with E-state index in [0.29, 0.717) is 19.4 Å². The summed E-state index contributed by atoms with van der Waals surface area (Å²) < 4.78 is 0. The minimum absolute atomic E-state index is 0.0532. The zero-order valence-corrected chi connectivity index (χ0v) is 10.8. The monoisotopic (exact) mass is 265 g/mol. The second-order valence-corrected chi connectivity index (χ2v) is 4.90. The number of piperidine rings is 1. The van der Waals surface area contributed by atoms with Crippen LogP contribution in [-0.4, -0.2) is 44.9 Å². The second-order valence-electron chi connectivity index (χ2n) is 4.90. The maximum Gasteiger partial charge on any atom is 0.303 e. The van der Waals surface area contributed by atoms with Gasteiger partial charge in [-0.05, 0) is 19.3 Å². The molecule has 19 heavy (non-hydrogen) atoms. The summed E-state index contributed by atoms with van der Waals surface area (Å²) in [6.45, 7) is 1.45. The summed E-state index contributed by atoms with van der Waals surface area (Å²) in [5, 5.41) is 8.57. The van der Waals surface area contributed by atoms with Crippen molar-refractivity contribution in [1.29, 1.82) is 0 Å². The number of nitrogens with one attached hydrogen (secondary N) is 1. The summed E-state index contributed by atoms with van der Waals surface area (Å²) in [4.78, 5) is 31.6. The van der Waals surface area contributed by atoms with Gasteiger partial charge in [0.05, 0.1) is 0 Å². The largest absolute Gasteiger partial charge is 0.481 e. The number of likely N-dealkylation sites (tertiary alicyclic amines) is 1. The first-order valence-corrected chi connectivity index (χ1v) is 6.65. The van der Waals surface area contributed by atoms with Gasteiger partial charge in [-0.2, -0.15) is 0 Å². The summed E-state index contributed by atoms with van der Waals surface area (Å²) >= 11 is 0. The highest BCUT2D eigenvalue weighted by molar-refractivity contribution is 5.77. The van der Waals surface area contributed by atoms with E-state index in [-0.39, 0.29) is 18.2 Å². The van der Waals surface area contributed by atoms with Crippen molar-refractivity contribution in [2.45, 2.75) is 38.0 Å². The van der Waals surface area contributed by atoms with E-state index in [1.165, 1.54) is 0 Å². The Hall–Kier alpha value is -1.85. The molecule has 0 aromatic carbocycles. The quantitative estimate of drug-likeness (QED) is 0.842. The number of rotatable bonds is 5. The molecule has 1 amide bonds. The molecule has 6 heteroatoms. The minimum atomic E-state index is -0.847. The number of amides is 1. The number of carbonyl (C=O) groups excluding carboxylic acids is 1. The number of aliphatic carboxylic acids is 1. The zero-order chi connectivity index (χ0) is 13.7. The molecule has 2 N–H and O–H groups in total. The van der Waals surface area contributed by atoms with Gasteiger partial charge in [0.2, 0.25) is 5.91 Å². The van der Waals surface area contributed by atoms with Crippen molar-refractivity contribution < 1.29 is 14.7 Å². The van der Waals surface area contributed by atoms with Crippen molar-refractivity contribution in [1.82, 2.24) is 14.9 Å². The lowest BCUT2D eigenvalue weighted by Gasteiger charge is -2.32. The summed E-state index contributed by atoms with van der Waals surface area (Å²) in [6, 6.07) is 0. The molecule has 6 nitrogen and oxygen atoms in total. The fraction of sp³-hybridized carbons (Fsp3) is 0.615. The molecule has 0 bridgehead atoms. The van der Waals surface area contributed by atoms with Gasteiger partial charge < -0.3 is 15.0 Å². The van der Waals surface area contributed by atoms with Crippen molar-refractivity contribution in [3.8, 4) is 0 Å². The zero-order valence-electron chi connectivity index (χ0n) is 10.8. The minimum Gasteiger partial charge on any atom is -0.481 e. The molecule has 1 atom stereocenters. The van der Waals surface area contributed by atoms with Crippen LogP contribution in [0.4, 0.5) is 0 Å².